The third kappa shape index (κ3) is 1.83. The monoisotopic (exact) mass is 248 g/mol. The van der Waals surface area contributed by atoms with Crippen LogP contribution in [0, 0.1) is 11.7 Å². The highest BCUT2D eigenvalue weighted by molar-refractivity contribution is 5.81. The van der Waals surface area contributed by atoms with Crippen LogP contribution >= 0.6 is 0 Å². The molecule has 0 bridgehead atoms. The van der Waals surface area contributed by atoms with E-state index in [1.165, 1.54) is 25.1 Å². The lowest BCUT2D eigenvalue weighted by molar-refractivity contribution is 0.216. The summed E-state index contributed by atoms with van der Waals surface area (Å²) >= 11 is 0. The molecule has 18 heavy (non-hydrogen) atoms. The average molecular weight is 248 g/mol. The Bertz CT molecular complexity index is 498. The van der Waals surface area contributed by atoms with Crippen molar-refractivity contribution >= 4 is 5.96 Å². The highest BCUT2D eigenvalue weighted by Crippen LogP contribution is 2.37. The molecule has 0 aromatic carbocycles. The van der Waals surface area contributed by atoms with E-state index in [1.807, 2.05) is 0 Å². The predicted octanol–water partition coefficient (Wildman–Crippen LogP) is 1.48. The molecule has 3 rings (SSSR count). The van der Waals surface area contributed by atoms with Crippen molar-refractivity contribution in [3.63, 3.8) is 0 Å². The molecule has 1 unspecified atom stereocenters. The Morgan fingerprint density at radius 2 is 2.28 bits per heavy atom. The second-order valence-electron chi connectivity index (χ2n) is 5.39. The number of pyridine rings is 1. The van der Waals surface area contributed by atoms with E-state index in [2.05, 4.69) is 21.8 Å². The Morgan fingerprint density at radius 1 is 1.50 bits per heavy atom. The lowest BCUT2D eigenvalue weighted by atomic mass is 9.92. The summed E-state index contributed by atoms with van der Waals surface area (Å²) in [7, 11) is 0. The summed E-state index contributed by atoms with van der Waals surface area (Å²) in [5.74, 6) is 0.955. The van der Waals surface area contributed by atoms with Crippen molar-refractivity contribution in [1.82, 2.24) is 9.88 Å². The Kier molecular flexibility index (Phi) is 2.50. The van der Waals surface area contributed by atoms with E-state index in [-0.39, 0.29) is 11.4 Å². The van der Waals surface area contributed by atoms with Crippen molar-refractivity contribution in [3.05, 3.63) is 29.8 Å². The Balaban J connectivity index is 1.92. The van der Waals surface area contributed by atoms with Gasteiger partial charge in [0.15, 0.2) is 5.96 Å². The summed E-state index contributed by atoms with van der Waals surface area (Å²) in [6, 6.07) is 1.53. The zero-order valence-electron chi connectivity index (χ0n) is 10.4. The fraction of sp³-hybridized carbons (Fsp3) is 0.538. The van der Waals surface area contributed by atoms with Gasteiger partial charge in [-0.2, -0.15) is 0 Å². The van der Waals surface area contributed by atoms with Gasteiger partial charge in [-0.1, -0.05) is 0 Å². The first kappa shape index (κ1) is 11.4. The van der Waals surface area contributed by atoms with Crippen LogP contribution in [0.15, 0.2) is 23.5 Å². The van der Waals surface area contributed by atoms with Gasteiger partial charge in [-0.3, -0.25) is 9.98 Å². The van der Waals surface area contributed by atoms with Crippen LogP contribution in [0.2, 0.25) is 0 Å². The largest absolute Gasteiger partial charge is 0.370 e. The number of rotatable bonds is 3. The molecule has 1 aliphatic heterocycles. The molecule has 2 N–H and O–H groups in total. The molecule has 5 heteroatoms. The van der Waals surface area contributed by atoms with Gasteiger partial charge >= 0.3 is 0 Å². The van der Waals surface area contributed by atoms with Crippen LogP contribution in [0.3, 0.4) is 0 Å². The zero-order chi connectivity index (χ0) is 12.8. The molecule has 0 amide bonds. The molecule has 1 aromatic heterocycles. The van der Waals surface area contributed by atoms with Gasteiger partial charge in [0.25, 0.3) is 0 Å². The van der Waals surface area contributed by atoms with Gasteiger partial charge in [0.2, 0.25) is 0 Å². The molecule has 1 fully saturated rings. The van der Waals surface area contributed by atoms with Crippen LogP contribution < -0.4 is 5.73 Å². The van der Waals surface area contributed by atoms with E-state index >= 15 is 0 Å². The molecule has 0 radical (unpaired) electrons. The number of hydrogen-bond acceptors (Lipinski definition) is 4. The summed E-state index contributed by atoms with van der Waals surface area (Å²) in [5.41, 5.74) is 6.45. The molecular weight excluding hydrogens is 231 g/mol. The summed E-state index contributed by atoms with van der Waals surface area (Å²) in [6.45, 7) is 3.52. The topological polar surface area (TPSA) is 54.5 Å². The standard InChI is InChI=1S/C13H17FN4/c1-13(10-4-11(14)6-16-5-10)8-17-12(15)18(13)7-9-2-3-9/h4-6,9H,2-3,7-8H2,1H3,(H2,15,17). The van der Waals surface area contributed by atoms with Gasteiger partial charge < -0.3 is 10.6 Å². The van der Waals surface area contributed by atoms with Gasteiger partial charge in [0.1, 0.15) is 5.82 Å². The van der Waals surface area contributed by atoms with Crippen molar-refractivity contribution < 1.29 is 4.39 Å². The van der Waals surface area contributed by atoms with E-state index in [0.717, 1.165) is 12.1 Å². The first-order chi connectivity index (χ1) is 8.59. The van der Waals surface area contributed by atoms with E-state index in [1.54, 1.807) is 6.20 Å². The van der Waals surface area contributed by atoms with E-state index in [4.69, 9.17) is 5.73 Å². The van der Waals surface area contributed by atoms with Crippen molar-refractivity contribution in [2.24, 2.45) is 16.6 Å². The second-order valence-corrected chi connectivity index (χ2v) is 5.39. The fourth-order valence-corrected chi connectivity index (χ4v) is 2.47. The zero-order valence-corrected chi connectivity index (χ0v) is 10.4. The quantitative estimate of drug-likeness (QED) is 0.881. The number of aromatic nitrogens is 1. The molecule has 1 atom stereocenters. The Labute approximate surface area is 106 Å². The lowest BCUT2D eigenvalue weighted by Gasteiger charge is -2.36. The van der Waals surface area contributed by atoms with E-state index < -0.39 is 0 Å². The second kappa shape index (κ2) is 3.93. The summed E-state index contributed by atoms with van der Waals surface area (Å²) in [4.78, 5) is 10.4. The molecule has 1 saturated carbocycles. The van der Waals surface area contributed by atoms with Crippen LogP contribution in [0.1, 0.15) is 25.3 Å². The third-order valence-electron chi connectivity index (χ3n) is 3.89. The molecule has 0 spiro atoms. The van der Waals surface area contributed by atoms with Crippen molar-refractivity contribution in [2.75, 3.05) is 13.1 Å². The molecule has 1 aromatic rings. The average Bonchev–Trinajstić information content (AvgIpc) is 3.12. The SMILES string of the molecule is CC1(c2cncc(F)c2)CN=C(N)N1CC1CC1. The number of halogens is 1. The highest BCUT2D eigenvalue weighted by atomic mass is 19.1. The van der Waals surface area contributed by atoms with Gasteiger partial charge in [0.05, 0.1) is 18.3 Å². The Hall–Kier alpha value is -1.65. The molecule has 0 saturated heterocycles. The van der Waals surface area contributed by atoms with Gasteiger partial charge in [-0.05, 0) is 31.7 Å². The summed E-state index contributed by atoms with van der Waals surface area (Å²) in [6.07, 6.45) is 5.43. The number of guanidine groups is 1. The van der Waals surface area contributed by atoms with Crippen molar-refractivity contribution in [1.29, 1.82) is 0 Å². The van der Waals surface area contributed by atoms with Crippen molar-refractivity contribution in [2.45, 2.75) is 25.3 Å². The Morgan fingerprint density at radius 3 is 2.94 bits per heavy atom. The minimum atomic E-state index is -0.359. The van der Waals surface area contributed by atoms with Gasteiger partial charge in [0, 0.05) is 18.3 Å². The van der Waals surface area contributed by atoms with Crippen LogP contribution in [-0.4, -0.2) is 28.9 Å². The molecule has 4 nitrogen and oxygen atoms in total. The fourth-order valence-electron chi connectivity index (χ4n) is 2.47. The number of nitrogens with zero attached hydrogens (tertiary/aromatic N) is 3. The van der Waals surface area contributed by atoms with Crippen LogP contribution in [0.5, 0.6) is 0 Å². The highest BCUT2D eigenvalue weighted by Gasteiger charge is 2.42. The third-order valence-corrected chi connectivity index (χ3v) is 3.89. The minimum absolute atomic E-state index is 0.314. The number of nitrogens with two attached hydrogens (primary N) is 1. The van der Waals surface area contributed by atoms with E-state index in [9.17, 15) is 4.39 Å². The maximum atomic E-state index is 13.3. The summed E-state index contributed by atoms with van der Waals surface area (Å²) < 4.78 is 13.3. The molecule has 2 aliphatic rings. The predicted molar refractivity (Wildman–Crippen MR) is 67.5 cm³/mol. The van der Waals surface area contributed by atoms with Crippen molar-refractivity contribution in [3.8, 4) is 0 Å². The van der Waals surface area contributed by atoms with Gasteiger partial charge in [-0.15, -0.1) is 0 Å². The van der Waals surface area contributed by atoms with Crippen LogP contribution in [0.4, 0.5) is 4.39 Å². The van der Waals surface area contributed by atoms with Crippen LogP contribution in [0.25, 0.3) is 0 Å². The first-order valence-corrected chi connectivity index (χ1v) is 6.28. The molecule has 2 heterocycles. The normalized spacial score (nSPS) is 27.4. The summed E-state index contributed by atoms with van der Waals surface area (Å²) in [5, 5.41) is 0. The minimum Gasteiger partial charge on any atom is -0.370 e. The number of aliphatic imine (C=N–C) groups is 1. The number of hydrogen-bond donors (Lipinski definition) is 1. The molecule has 96 valence electrons. The molecular formula is C13H17FN4. The maximum absolute atomic E-state index is 13.3. The smallest absolute Gasteiger partial charge is 0.192 e. The maximum Gasteiger partial charge on any atom is 0.192 e. The van der Waals surface area contributed by atoms with E-state index in [0.29, 0.717) is 18.4 Å². The van der Waals surface area contributed by atoms with Crippen LogP contribution in [-0.2, 0) is 5.54 Å². The lowest BCUT2D eigenvalue weighted by Crippen LogP contribution is -2.48. The van der Waals surface area contributed by atoms with Gasteiger partial charge in [-0.25, -0.2) is 4.39 Å². The molecule has 1 aliphatic carbocycles. The first-order valence-electron chi connectivity index (χ1n) is 6.28.